The molecular weight excluding hydrogens is 377 g/mol. The van der Waals surface area contributed by atoms with E-state index in [-0.39, 0.29) is 31.2 Å². The normalized spacial score (nSPS) is 18.5. The number of likely N-dealkylation sites (tertiary alicyclic amines) is 1. The van der Waals surface area contributed by atoms with Crippen LogP contribution in [-0.4, -0.2) is 53.9 Å². The number of benzene rings is 1. The molecule has 2 aromatic rings. The lowest BCUT2D eigenvalue weighted by Gasteiger charge is -2.13. The van der Waals surface area contributed by atoms with Crippen LogP contribution in [0.15, 0.2) is 30.3 Å². The Morgan fingerprint density at radius 1 is 1.41 bits per heavy atom. The summed E-state index contributed by atoms with van der Waals surface area (Å²) in [6.45, 7) is 0.567. The van der Waals surface area contributed by atoms with E-state index in [0.29, 0.717) is 23.4 Å². The average molecular weight is 399 g/mol. The van der Waals surface area contributed by atoms with Crippen molar-refractivity contribution in [1.82, 2.24) is 9.88 Å². The van der Waals surface area contributed by atoms with Crippen LogP contribution in [0.25, 0.3) is 11.3 Å². The van der Waals surface area contributed by atoms with Gasteiger partial charge in [0.05, 0.1) is 26.1 Å². The van der Waals surface area contributed by atoms with Crippen molar-refractivity contribution >= 4 is 5.91 Å². The van der Waals surface area contributed by atoms with Crippen molar-refractivity contribution in [2.45, 2.75) is 18.6 Å². The molecule has 1 aromatic carbocycles. The van der Waals surface area contributed by atoms with Crippen LogP contribution in [0.5, 0.6) is 5.75 Å². The highest BCUT2D eigenvalue weighted by Crippen LogP contribution is 2.29. The molecule has 1 aromatic heterocycles. The number of likely N-dealkylation sites (N-methyl/N-ethyl adjacent to an activating group) is 1. The van der Waals surface area contributed by atoms with Crippen LogP contribution >= 0.6 is 0 Å². The fourth-order valence-corrected chi connectivity index (χ4v) is 3.02. The van der Waals surface area contributed by atoms with Crippen molar-refractivity contribution in [3.8, 4) is 28.8 Å². The van der Waals surface area contributed by atoms with Gasteiger partial charge in [0, 0.05) is 37.2 Å². The molecule has 8 heteroatoms. The topological polar surface area (TPSA) is 97.9 Å². The number of carbonyl (C=O) groups is 1. The van der Waals surface area contributed by atoms with Crippen LogP contribution in [0, 0.1) is 17.7 Å². The van der Waals surface area contributed by atoms with Crippen molar-refractivity contribution in [1.29, 1.82) is 0 Å². The molecule has 1 fully saturated rings. The van der Waals surface area contributed by atoms with E-state index in [9.17, 15) is 14.3 Å². The van der Waals surface area contributed by atoms with Crippen LogP contribution in [0.3, 0.4) is 0 Å². The van der Waals surface area contributed by atoms with Gasteiger partial charge in [-0.25, -0.2) is 9.37 Å². The van der Waals surface area contributed by atoms with Gasteiger partial charge >= 0.3 is 0 Å². The van der Waals surface area contributed by atoms with Gasteiger partial charge in [0.15, 0.2) is 11.6 Å². The molecule has 0 saturated carbocycles. The number of nitrogens with zero attached hydrogens (tertiary/aromatic N) is 2. The summed E-state index contributed by atoms with van der Waals surface area (Å²) < 4.78 is 25.1. The largest absolute Gasteiger partial charge is 0.494 e. The minimum Gasteiger partial charge on any atom is -0.494 e. The van der Waals surface area contributed by atoms with E-state index in [1.165, 1.54) is 18.1 Å². The molecule has 7 nitrogen and oxygen atoms in total. The Morgan fingerprint density at radius 2 is 2.21 bits per heavy atom. The molecule has 0 bridgehead atoms. The number of amides is 1. The highest BCUT2D eigenvalue weighted by molar-refractivity contribution is 5.90. The van der Waals surface area contributed by atoms with Crippen molar-refractivity contribution in [3.63, 3.8) is 0 Å². The van der Waals surface area contributed by atoms with Gasteiger partial charge in [-0.15, -0.1) is 0 Å². The third kappa shape index (κ3) is 4.38. The summed E-state index contributed by atoms with van der Waals surface area (Å²) in [4.78, 5) is 17.8. The zero-order valence-corrected chi connectivity index (χ0v) is 16.2. The van der Waals surface area contributed by atoms with E-state index in [1.54, 1.807) is 31.3 Å². The molecule has 0 aliphatic carbocycles. The van der Waals surface area contributed by atoms with E-state index < -0.39 is 17.3 Å². The highest BCUT2D eigenvalue weighted by Gasteiger charge is 2.42. The second kappa shape index (κ2) is 8.57. The Hall–Kier alpha value is -2.99. The molecule has 0 unspecified atom stereocenters. The third-order valence-electron chi connectivity index (χ3n) is 4.62. The number of aromatic nitrogens is 1. The summed E-state index contributed by atoms with van der Waals surface area (Å²) in [5, 5.41) is 10.4. The van der Waals surface area contributed by atoms with Gasteiger partial charge in [0.2, 0.25) is 5.60 Å². The summed E-state index contributed by atoms with van der Waals surface area (Å²) in [7, 11) is 2.99. The molecule has 3 N–H and O–H groups in total. The molecule has 1 atom stereocenters. The quantitative estimate of drug-likeness (QED) is 0.581. The number of halogens is 1. The van der Waals surface area contributed by atoms with E-state index >= 15 is 0 Å². The minimum atomic E-state index is -1.70. The maximum atomic E-state index is 14.8. The molecule has 2 heterocycles. The lowest BCUT2D eigenvalue weighted by Crippen LogP contribution is -2.37. The Labute approximate surface area is 168 Å². The number of rotatable bonds is 5. The predicted molar refractivity (Wildman–Crippen MR) is 104 cm³/mol. The van der Waals surface area contributed by atoms with Crippen LogP contribution in [0.4, 0.5) is 4.39 Å². The van der Waals surface area contributed by atoms with Gasteiger partial charge < -0.3 is 25.2 Å². The molecule has 1 amide bonds. The maximum absolute atomic E-state index is 14.8. The summed E-state index contributed by atoms with van der Waals surface area (Å²) in [5.74, 6) is 4.47. The molecule has 1 saturated heterocycles. The Balaban J connectivity index is 1.96. The van der Waals surface area contributed by atoms with Crippen LogP contribution in [-0.2, 0) is 16.1 Å². The lowest BCUT2D eigenvalue weighted by atomic mass is 10.0. The Kier molecular flexibility index (Phi) is 6.13. The molecule has 0 radical (unpaired) electrons. The zero-order chi connectivity index (χ0) is 21.0. The number of ether oxygens (including phenoxy) is 2. The third-order valence-corrected chi connectivity index (χ3v) is 4.62. The first kappa shape index (κ1) is 20.7. The van der Waals surface area contributed by atoms with Gasteiger partial charge in [-0.05, 0) is 12.1 Å². The van der Waals surface area contributed by atoms with Crippen LogP contribution < -0.4 is 10.5 Å². The maximum Gasteiger partial charge on any atom is 0.267 e. The minimum absolute atomic E-state index is 0.0125. The van der Waals surface area contributed by atoms with Gasteiger partial charge in [0.25, 0.3) is 5.91 Å². The van der Waals surface area contributed by atoms with Gasteiger partial charge in [-0.1, -0.05) is 24.0 Å². The number of hydrogen-bond acceptors (Lipinski definition) is 6. The van der Waals surface area contributed by atoms with E-state index in [2.05, 4.69) is 16.8 Å². The van der Waals surface area contributed by atoms with Crippen molar-refractivity contribution in [3.05, 3.63) is 47.4 Å². The van der Waals surface area contributed by atoms with Crippen molar-refractivity contribution in [2.75, 3.05) is 27.4 Å². The number of methoxy groups -OCH3 is 1. The average Bonchev–Trinajstić information content (AvgIpc) is 2.99. The van der Waals surface area contributed by atoms with Crippen LogP contribution in [0.1, 0.15) is 17.7 Å². The number of aliphatic hydroxyl groups is 1. The SMILES string of the molecule is COc1cc(COCN)nc(-c2cccc(C#C[C@]3(O)CCN(C)C3=O)c2)c1F. The van der Waals surface area contributed by atoms with E-state index in [4.69, 9.17) is 15.2 Å². The first-order valence-corrected chi connectivity index (χ1v) is 9.00. The number of carbonyl (C=O) groups excluding carboxylic acids is 1. The molecule has 3 rings (SSSR count). The molecule has 0 spiro atoms. The fraction of sp³-hybridized carbons (Fsp3) is 0.333. The Morgan fingerprint density at radius 3 is 2.86 bits per heavy atom. The second-order valence-corrected chi connectivity index (χ2v) is 6.66. The first-order chi connectivity index (χ1) is 13.9. The molecule has 1 aliphatic heterocycles. The molecule has 152 valence electrons. The van der Waals surface area contributed by atoms with Gasteiger partial charge in [0.1, 0.15) is 5.69 Å². The van der Waals surface area contributed by atoms with E-state index in [1.807, 2.05) is 0 Å². The number of nitrogens with two attached hydrogens (primary N) is 1. The fourth-order valence-electron chi connectivity index (χ4n) is 3.02. The predicted octanol–water partition coefficient (Wildman–Crippen LogP) is 1.27. The number of hydrogen-bond donors (Lipinski definition) is 2. The standard InChI is InChI=1S/C21H22FN3O4/c1-25-9-8-21(27,20(25)26)7-6-14-4-3-5-15(10-14)19-18(22)17(28-2)11-16(24-19)12-29-13-23/h3-5,10-11,27H,8-9,12-13,23H2,1-2H3/t21-/m0/s1. The lowest BCUT2D eigenvalue weighted by molar-refractivity contribution is -0.137. The molecular formula is C21H22FN3O4. The van der Waals surface area contributed by atoms with Gasteiger partial charge in [-0.3, -0.25) is 4.79 Å². The van der Waals surface area contributed by atoms with Crippen molar-refractivity contribution < 1.29 is 23.8 Å². The summed E-state index contributed by atoms with van der Waals surface area (Å²) in [6.07, 6.45) is 0.242. The zero-order valence-electron chi connectivity index (χ0n) is 16.2. The highest BCUT2D eigenvalue weighted by atomic mass is 19.1. The number of pyridine rings is 1. The second-order valence-electron chi connectivity index (χ2n) is 6.66. The summed E-state index contributed by atoms with van der Waals surface area (Å²) in [6, 6.07) is 8.18. The van der Waals surface area contributed by atoms with Crippen molar-refractivity contribution in [2.24, 2.45) is 5.73 Å². The summed E-state index contributed by atoms with van der Waals surface area (Å²) in [5.41, 5.74) is 5.19. The smallest absolute Gasteiger partial charge is 0.267 e. The molecule has 1 aliphatic rings. The monoisotopic (exact) mass is 399 g/mol. The summed E-state index contributed by atoms with van der Waals surface area (Å²) >= 11 is 0. The molecule has 29 heavy (non-hydrogen) atoms. The van der Waals surface area contributed by atoms with E-state index in [0.717, 1.165) is 0 Å². The first-order valence-electron chi connectivity index (χ1n) is 9.00. The Bertz CT molecular complexity index is 986. The van der Waals surface area contributed by atoms with Gasteiger partial charge in [-0.2, -0.15) is 0 Å². The van der Waals surface area contributed by atoms with Crippen LogP contribution in [0.2, 0.25) is 0 Å².